The summed E-state index contributed by atoms with van der Waals surface area (Å²) in [5, 5.41) is 2.84. The maximum absolute atomic E-state index is 12.1. The van der Waals surface area contributed by atoms with Gasteiger partial charge in [-0.2, -0.15) is 4.31 Å². The molecule has 0 aliphatic heterocycles. The highest BCUT2D eigenvalue weighted by atomic mass is 32.2. The topological polar surface area (TPSA) is 66.5 Å². The largest absolute Gasteiger partial charge is 0.352 e. The molecular weight excluding hydrogens is 348 g/mol. The molecule has 0 spiro atoms. The van der Waals surface area contributed by atoms with E-state index in [0.717, 1.165) is 16.7 Å². The Morgan fingerprint density at radius 2 is 1.42 bits per heavy atom. The van der Waals surface area contributed by atoms with Crippen LogP contribution in [0.15, 0.2) is 48.5 Å². The van der Waals surface area contributed by atoms with Gasteiger partial charge in [0.05, 0.1) is 6.26 Å². The quantitative estimate of drug-likeness (QED) is 0.773. The molecule has 6 heteroatoms. The number of nitrogens with one attached hydrogen (secondary N) is 1. The third-order valence-electron chi connectivity index (χ3n) is 4.15. The lowest BCUT2D eigenvalue weighted by atomic mass is 10.1. The lowest BCUT2D eigenvalue weighted by Crippen LogP contribution is -2.34. The highest BCUT2D eigenvalue weighted by molar-refractivity contribution is 7.88. The molecule has 140 valence electrons. The smallest absolute Gasteiger partial charge is 0.221 e. The van der Waals surface area contributed by atoms with Crippen molar-refractivity contribution >= 4 is 15.9 Å². The molecule has 0 unspecified atom stereocenters. The van der Waals surface area contributed by atoms with E-state index >= 15 is 0 Å². The summed E-state index contributed by atoms with van der Waals surface area (Å²) in [6.45, 7) is 4.86. The van der Waals surface area contributed by atoms with Gasteiger partial charge in [0.2, 0.25) is 15.9 Å². The number of hydrogen-bond acceptors (Lipinski definition) is 3. The fourth-order valence-electron chi connectivity index (χ4n) is 2.48. The first-order valence-electron chi connectivity index (χ1n) is 8.57. The minimum Gasteiger partial charge on any atom is -0.352 e. The molecular formula is C20H26N2O3S. The highest BCUT2D eigenvalue weighted by Gasteiger charge is 2.18. The van der Waals surface area contributed by atoms with Crippen molar-refractivity contribution in [1.82, 2.24) is 9.62 Å². The van der Waals surface area contributed by atoms with Crippen molar-refractivity contribution in [3.05, 3.63) is 70.8 Å². The zero-order valence-corrected chi connectivity index (χ0v) is 16.3. The standard InChI is InChI=1S/C20H26N2O3S/c1-16-4-8-18(9-5-16)14-21-20(23)12-13-22(26(3,24)25)15-19-10-6-17(2)7-11-19/h4-11H,12-15H2,1-3H3,(H,21,23). The van der Waals surface area contributed by atoms with Crippen molar-refractivity contribution in [3.8, 4) is 0 Å². The normalized spacial score (nSPS) is 11.5. The summed E-state index contributed by atoms with van der Waals surface area (Å²) in [5.74, 6) is -0.164. The van der Waals surface area contributed by atoms with Crippen molar-refractivity contribution in [3.63, 3.8) is 0 Å². The van der Waals surface area contributed by atoms with Crippen LogP contribution >= 0.6 is 0 Å². The van der Waals surface area contributed by atoms with Crippen molar-refractivity contribution < 1.29 is 13.2 Å². The summed E-state index contributed by atoms with van der Waals surface area (Å²) in [6, 6.07) is 15.6. The van der Waals surface area contributed by atoms with Crippen molar-refractivity contribution in [2.75, 3.05) is 12.8 Å². The Kier molecular flexibility index (Phi) is 6.94. The maximum atomic E-state index is 12.1. The van der Waals surface area contributed by atoms with E-state index in [1.54, 1.807) is 0 Å². The van der Waals surface area contributed by atoms with E-state index in [0.29, 0.717) is 6.54 Å². The predicted octanol–water partition coefficient (Wildman–Crippen LogP) is 2.77. The lowest BCUT2D eigenvalue weighted by Gasteiger charge is -2.20. The van der Waals surface area contributed by atoms with Gasteiger partial charge in [0, 0.05) is 26.1 Å². The summed E-state index contributed by atoms with van der Waals surface area (Å²) in [4.78, 5) is 12.1. The van der Waals surface area contributed by atoms with Crippen LogP contribution in [-0.4, -0.2) is 31.4 Å². The summed E-state index contributed by atoms with van der Waals surface area (Å²) < 4.78 is 25.4. The van der Waals surface area contributed by atoms with Crippen LogP contribution in [0.1, 0.15) is 28.7 Å². The minimum atomic E-state index is -3.39. The van der Waals surface area contributed by atoms with Crippen LogP contribution in [0, 0.1) is 13.8 Å². The number of amides is 1. The van der Waals surface area contributed by atoms with Gasteiger partial charge in [0.15, 0.2) is 0 Å². The average molecular weight is 375 g/mol. The molecule has 2 aromatic carbocycles. The molecule has 5 nitrogen and oxygen atoms in total. The number of nitrogens with zero attached hydrogens (tertiary/aromatic N) is 1. The monoisotopic (exact) mass is 374 g/mol. The Bertz CT molecular complexity index is 828. The predicted molar refractivity (Wildman–Crippen MR) is 104 cm³/mol. The highest BCUT2D eigenvalue weighted by Crippen LogP contribution is 2.11. The first-order valence-corrected chi connectivity index (χ1v) is 10.4. The van der Waals surface area contributed by atoms with Gasteiger partial charge in [-0.25, -0.2) is 8.42 Å². The molecule has 0 aromatic heterocycles. The molecule has 0 aliphatic carbocycles. The van der Waals surface area contributed by atoms with Crippen LogP contribution in [0.4, 0.5) is 0 Å². The van der Waals surface area contributed by atoms with Crippen LogP contribution in [0.2, 0.25) is 0 Å². The Morgan fingerprint density at radius 1 is 0.923 bits per heavy atom. The van der Waals surface area contributed by atoms with Gasteiger partial charge < -0.3 is 5.32 Å². The van der Waals surface area contributed by atoms with Crippen LogP contribution in [0.3, 0.4) is 0 Å². The number of aryl methyl sites for hydroxylation is 2. The Balaban J connectivity index is 1.88. The lowest BCUT2D eigenvalue weighted by molar-refractivity contribution is -0.121. The van der Waals surface area contributed by atoms with E-state index < -0.39 is 10.0 Å². The van der Waals surface area contributed by atoms with Crippen molar-refractivity contribution in [1.29, 1.82) is 0 Å². The van der Waals surface area contributed by atoms with E-state index in [1.807, 2.05) is 62.4 Å². The number of sulfonamides is 1. The number of hydrogen-bond donors (Lipinski definition) is 1. The van der Waals surface area contributed by atoms with Gasteiger partial charge in [0.1, 0.15) is 0 Å². The fraction of sp³-hybridized carbons (Fsp3) is 0.350. The number of carbonyl (C=O) groups is 1. The summed E-state index contributed by atoms with van der Waals surface area (Å²) in [7, 11) is -3.39. The second-order valence-electron chi connectivity index (χ2n) is 6.59. The van der Waals surface area contributed by atoms with E-state index in [2.05, 4.69) is 5.32 Å². The Labute approximate surface area is 156 Å². The summed E-state index contributed by atoms with van der Waals surface area (Å²) in [5.41, 5.74) is 4.21. The number of rotatable bonds is 8. The van der Waals surface area contributed by atoms with Crippen molar-refractivity contribution in [2.24, 2.45) is 0 Å². The summed E-state index contributed by atoms with van der Waals surface area (Å²) in [6.07, 6.45) is 1.30. The molecule has 1 amide bonds. The van der Waals surface area contributed by atoms with Crippen LogP contribution in [0.5, 0.6) is 0 Å². The Morgan fingerprint density at radius 3 is 1.92 bits per heavy atom. The second kappa shape index (κ2) is 8.96. The fourth-order valence-corrected chi connectivity index (χ4v) is 3.29. The Hall–Kier alpha value is -2.18. The first kappa shape index (κ1) is 20.1. The maximum Gasteiger partial charge on any atom is 0.221 e. The molecule has 2 aromatic rings. The molecule has 0 atom stereocenters. The minimum absolute atomic E-state index is 0.130. The van der Waals surface area contributed by atoms with Gasteiger partial charge in [-0.1, -0.05) is 59.7 Å². The van der Waals surface area contributed by atoms with E-state index in [9.17, 15) is 13.2 Å². The molecule has 0 saturated heterocycles. The third kappa shape index (κ3) is 6.61. The van der Waals surface area contributed by atoms with Gasteiger partial charge >= 0.3 is 0 Å². The molecule has 2 rings (SSSR count). The number of carbonyl (C=O) groups excluding carboxylic acids is 1. The van der Waals surface area contributed by atoms with Gasteiger partial charge in [-0.3, -0.25) is 4.79 Å². The van der Waals surface area contributed by atoms with Gasteiger partial charge in [-0.05, 0) is 25.0 Å². The molecule has 0 fully saturated rings. The van der Waals surface area contributed by atoms with Crippen molar-refractivity contribution in [2.45, 2.75) is 33.4 Å². The molecule has 0 radical (unpaired) electrons. The molecule has 0 aliphatic rings. The van der Waals surface area contributed by atoms with Crippen LogP contribution in [-0.2, 0) is 27.9 Å². The number of benzene rings is 2. The molecule has 26 heavy (non-hydrogen) atoms. The molecule has 0 saturated carbocycles. The van der Waals surface area contributed by atoms with Crippen LogP contribution in [0.25, 0.3) is 0 Å². The first-order chi connectivity index (χ1) is 12.2. The van der Waals surface area contributed by atoms with Gasteiger partial charge in [-0.15, -0.1) is 0 Å². The zero-order valence-electron chi connectivity index (χ0n) is 15.5. The van der Waals surface area contributed by atoms with E-state index in [1.165, 1.54) is 16.1 Å². The summed E-state index contributed by atoms with van der Waals surface area (Å²) >= 11 is 0. The van der Waals surface area contributed by atoms with Crippen LogP contribution < -0.4 is 5.32 Å². The second-order valence-corrected chi connectivity index (χ2v) is 8.58. The molecule has 1 N–H and O–H groups in total. The zero-order chi connectivity index (χ0) is 19.2. The van der Waals surface area contributed by atoms with E-state index in [4.69, 9.17) is 0 Å². The average Bonchev–Trinajstić information content (AvgIpc) is 2.58. The van der Waals surface area contributed by atoms with E-state index in [-0.39, 0.29) is 25.4 Å². The molecule has 0 heterocycles. The molecule has 0 bridgehead atoms. The SMILES string of the molecule is Cc1ccc(CNC(=O)CCN(Cc2ccc(C)cc2)S(C)(=O)=O)cc1. The third-order valence-corrected chi connectivity index (χ3v) is 5.40. The van der Waals surface area contributed by atoms with Gasteiger partial charge in [0.25, 0.3) is 0 Å².